The number of methoxy groups -OCH3 is 1. The summed E-state index contributed by atoms with van der Waals surface area (Å²) in [6.45, 7) is 4.42. The zero-order valence-corrected chi connectivity index (χ0v) is 14.0. The number of benzene rings is 1. The number of aliphatic hydroxyl groups is 1. The molecule has 0 aliphatic carbocycles. The Morgan fingerprint density at radius 2 is 1.81 bits per heavy atom. The van der Waals surface area contributed by atoms with Crippen LogP contribution in [0.3, 0.4) is 0 Å². The Labute approximate surface area is 135 Å². The molecule has 4 nitrogen and oxygen atoms in total. The van der Waals surface area contributed by atoms with Gasteiger partial charge in [-0.2, -0.15) is 0 Å². The molecule has 0 saturated heterocycles. The minimum Gasteiger partial charge on any atom is -0.494 e. The molecule has 0 aromatic heterocycles. The third kappa shape index (κ3) is 4.25. The summed E-state index contributed by atoms with van der Waals surface area (Å²) in [5.74, 6) is 0.0721. The van der Waals surface area contributed by atoms with E-state index >= 15 is 0 Å². The van der Waals surface area contributed by atoms with Crippen LogP contribution in [0, 0.1) is 5.41 Å². The monoisotopic (exact) mass is 333 g/mol. The van der Waals surface area contributed by atoms with Crippen LogP contribution in [0.1, 0.15) is 37.0 Å². The molecule has 1 rings (SSSR count). The fourth-order valence-electron chi connectivity index (χ4n) is 2.04. The highest BCUT2D eigenvalue weighted by Gasteiger charge is 2.26. The standard InChI is InChI=1S/C15H21Cl2NO3/c1-4-15(5-2,9-19)8-18-14(20)10-6-11(16)13(21-3)12(17)7-10/h6-7,19H,4-5,8-9H2,1-3H3,(H,18,20). The van der Waals surface area contributed by atoms with Gasteiger partial charge in [-0.1, -0.05) is 37.0 Å². The molecule has 0 spiro atoms. The van der Waals surface area contributed by atoms with Gasteiger partial charge in [0.1, 0.15) is 0 Å². The summed E-state index contributed by atoms with van der Waals surface area (Å²) in [5.41, 5.74) is 0.0697. The second-order valence-corrected chi connectivity index (χ2v) is 5.84. The van der Waals surface area contributed by atoms with Gasteiger partial charge in [0.25, 0.3) is 5.91 Å². The number of nitrogens with one attached hydrogen (secondary N) is 1. The number of hydrogen-bond donors (Lipinski definition) is 2. The Hall–Kier alpha value is -0.970. The SMILES string of the molecule is CCC(CC)(CO)CNC(=O)c1cc(Cl)c(OC)c(Cl)c1. The lowest BCUT2D eigenvalue weighted by molar-refractivity contribution is 0.0851. The van der Waals surface area contributed by atoms with Gasteiger partial charge in [-0.15, -0.1) is 0 Å². The number of amides is 1. The molecule has 1 amide bonds. The van der Waals surface area contributed by atoms with E-state index in [1.807, 2.05) is 13.8 Å². The minimum absolute atomic E-state index is 0.0321. The Kier molecular flexibility index (Phi) is 6.78. The maximum Gasteiger partial charge on any atom is 0.251 e. The molecular weight excluding hydrogens is 313 g/mol. The fraction of sp³-hybridized carbons (Fsp3) is 0.533. The molecule has 0 aliphatic heterocycles. The van der Waals surface area contributed by atoms with Crippen LogP contribution >= 0.6 is 23.2 Å². The van der Waals surface area contributed by atoms with E-state index in [9.17, 15) is 9.90 Å². The lowest BCUT2D eigenvalue weighted by Gasteiger charge is -2.29. The van der Waals surface area contributed by atoms with Crippen molar-refractivity contribution in [3.05, 3.63) is 27.7 Å². The van der Waals surface area contributed by atoms with E-state index in [1.54, 1.807) is 0 Å². The summed E-state index contributed by atoms with van der Waals surface area (Å²) in [5, 5.41) is 12.9. The normalized spacial score (nSPS) is 11.3. The van der Waals surface area contributed by atoms with Gasteiger partial charge in [-0.25, -0.2) is 0 Å². The maximum absolute atomic E-state index is 12.2. The molecule has 0 unspecified atom stereocenters. The van der Waals surface area contributed by atoms with Crippen molar-refractivity contribution in [1.29, 1.82) is 0 Å². The number of aliphatic hydroxyl groups excluding tert-OH is 1. The van der Waals surface area contributed by atoms with Crippen molar-refractivity contribution >= 4 is 29.1 Å². The van der Waals surface area contributed by atoms with Crippen LogP contribution in [0.5, 0.6) is 5.75 Å². The van der Waals surface area contributed by atoms with E-state index in [4.69, 9.17) is 27.9 Å². The molecule has 1 aromatic carbocycles. The van der Waals surface area contributed by atoms with Crippen LogP contribution in [-0.4, -0.2) is 31.3 Å². The number of halogens is 2. The summed E-state index contributed by atoms with van der Waals surface area (Å²) >= 11 is 12.0. The quantitative estimate of drug-likeness (QED) is 0.802. The van der Waals surface area contributed by atoms with Crippen LogP contribution in [0.15, 0.2) is 12.1 Å². The van der Waals surface area contributed by atoms with Crippen molar-refractivity contribution in [2.45, 2.75) is 26.7 Å². The van der Waals surface area contributed by atoms with E-state index in [0.717, 1.165) is 12.8 Å². The number of carbonyl (C=O) groups is 1. The minimum atomic E-state index is -0.296. The highest BCUT2D eigenvalue weighted by atomic mass is 35.5. The van der Waals surface area contributed by atoms with Gasteiger partial charge >= 0.3 is 0 Å². The largest absolute Gasteiger partial charge is 0.494 e. The highest BCUT2D eigenvalue weighted by Crippen LogP contribution is 2.34. The second kappa shape index (κ2) is 7.87. The molecule has 0 atom stereocenters. The van der Waals surface area contributed by atoms with Gasteiger partial charge in [0, 0.05) is 17.5 Å². The molecule has 2 N–H and O–H groups in total. The summed E-state index contributed by atoms with van der Waals surface area (Å²) in [6.07, 6.45) is 1.56. The number of carbonyl (C=O) groups excluding carboxylic acids is 1. The van der Waals surface area contributed by atoms with Crippen LogP contribution in [0.4, 0.5) is 0 Å². The van der Waals surface area contributed by atoms with Crippen LogP contribution < -0.4 is 10.1 Å². The van der Waals surface area contributed by atoms with E-state index in [2.05, 4.69) is 5.32 Å². The Morgan fingerprint density at radius 3 is 2.19 bits per heavy atom. The summed E-state index contributed by atoms with van der Waals surface area (Å²) in [4.78, 5) is 12.2. The predicted molar refractivity (Wildman–Crippen MR) is 85.4 cm³/mol. The van der Waals surface area contributed by atoms with Crippen LogP contribution in [-0.2, 0) is 0 Å². The third-order valence-electron chi connectivity index (χ3n) is 3.92. The predicted octanol–water partition coefficient (Wildman–Crippen LogP) is 3.53. The van der Waals surface area contributed by atoms with Crippen molar-refractivity contribution in [1.82, 2.24) is 5.32 Å². The summed E-state index contributed by atoms with van der Waals surface area (Å²) < 4.78 is 5.05. The van der Waals surface area contributed by atoms with Gasteiger partial charge in [0.2, 0.25) is 0 Å². The van der Waals surface area contributed by atoms with Crippen molar-refractivity contribution < 1.29 is 14.6 Å². The first-order chi connectivity index (χ1) is 9.92. The lowest BCUT2D eigenvalue weighted by Crippen LogP contribution is -2.39. The molecule has 118 valence electrons. The van der Waals surface area contributed by atoms with Crippen LogP contribution in [0.2, 0.25) is 10.0 Å². The number of ether oxygens (including phenoxy) is 1. The second-order valence-electron chi connectivity index (χ2n) is 5.02. The molecule has 0 heterocycles. The van der Waals surface area contributed by atoms with Gasteiger partial charge in [-0.05, 0) is 25.0 Å². The van der Waals surface area contributed by atoms with Crippen LogP contribution in [0.25, 0.3) is 0 Å². The molecule has 6 heteroatoms. The first-order valence-electron chi connectivity index (χ1n) is 6.85. The van der Waals surface area contributed by atoms with Gasteiger partial charge < -0.3 is 15.2 Å². The lowest BCUT2D eigenvalue weighted by atomic mass is 9.83. The Balaban J connectivity index is 2.86. The van der Waals surface area contributed by atoms with Gasteiger partial charge in [-0.3, -0.25) is 4.79 Å². The van der Waals surface area contributed by atoms with E-state index in [1.165, 1.54) is 19.2 Å². The average molecular weight is 334 g/mol. The van der Waals surface area contributed by atoms with Crippen molar-refractivity contribution in [3.8, 4) is 5.75 Å². The van der Waals surface area contributed by atoms with Crippen molar-refractivity contribution in [2.75, 3.05) is 20.3 Å². The number of rotatable bonds is 7. The molecule has 1 aromatic rings. The molecular formula is C15H21Cl2NO3. The average Bonchev–Trinajstić information content (AvgIpc) is 2.48. The third-order valence-corrected chi connectivity index (χ3v) is 4.49. The van der Waals surface area contributed by atoms with Crippen molar-refractivity contribution in [2.24, 2.45) is 5.41 Å². The molecule has 0 aliphatic rings. The highest BCUT2D eigenvalue weighted by molar-refractivity contribution is 6.37. The zero-order chi connectivity index (χ0) is 16.0. The first kappa shape index (κ1) is 18.1. The summed E-state index contributed by atoms with van der Waals surface area (Å²) in [7, 11) is 1.46. The van der Waals surface area contributed by atoms with Crippen molar-refractivity contribution in [3.63, 3.8) is 0 Å². The van der Waals surface area contributed by atoms with Gasteiger partial charge in [0.05, 0.1) is 23.8 Å². The molecule has 0 fully saturated rings. The van der Waals surface area contributed by atoms with E-state index in [0.29, 0.717) is 17.9 Å². The molecule has 0 bridgehead atoms. The van der Waals surface area contributed by atoms with E-state index < -0.39 is 0 Å². The Morgan fingerprint density at radius 1 is 1.29 bits per heavy atom. The molecule has 0 radical (unpaired) electrons. The first-order valence-corrected chi connectivity index (χ1v) is 7.60. The molecule has 0 saturated carbocycles. The topological polar surface area (TPSA) is 58.6 Å². The Bertz CT molecular complexity index is 470. The zero-order valence-electron chi connectivity index (χ0n) is 12.5. The smallest absolute Gasteiger partial charge is 0.251 e. The summed E-state index contributed by atoms with van der Waals surface area (Å²) in [6, 6.07) is 3.03. The maximum atomic E-state index is 12.2. The number of hydrogen-bond acceptors (Lipinski definition) is 3. The fourth-order valence-corrected chi connectivity index (χ4v) is 2.68. The van der Waals surface area contributed by atoms with Gasteiger partial charge in [0.15, 0.2) is 5.75 Å². The van der Waals surface area contributed by atoms with E-state index in [-0.39, 0.29) is 28.0 Å². The molecule has 21 heavy (non-hydrogen) atoms.